The number of hydrogen-bond acceptors (Lipinski definition) is 10. The molecule has 10 heteroatoms. The predicted molar refractivity (Wildman–Crippen MR) is 158 cm³/mol. The van der Waals surface area contributed by atoms with Crippen LogP contribution in [0, 0.1) is 5.41 Å². The van der Waals surface area contributed by atoms with Gasteiger partial charge in [-0.05, 0) is 26.2 Å². The summed E-state index contributed by atoms with van der Waals surface area (Å²) in [5.74, 6) is 1.42. The van der Waals surface area contributed by atoms with Gasteiger partial charge in [-0.3, -0.25) is 4.90 Å². The summed E-state index contributed by atoms with van der Waals surface area (Å²) in [6.07, 6.45) is 2.89. The molecule has 38 heavy (non-hydrogen) atoms. The summed E-state index contributed by atoms with van der Waals surface area (Å²) in [6.45, 7) is 6.19. The zero-order valence-electron chi connectivity index (χ0n) is 23.0. The Bertz CT molecular complexity index is 1240. The van der Waals surface area contributed by atoms with Gasteiger partial charge in [-0.15, -0.1) is 0 Å². The summed E-state index contributed by atoms with van der Waals surface area (Å²) in [5.41, 5.74) is 6.41. The molecule has 1 aromatic heterocycles. The van der Waals surface area contributed by atoms with Gasteiger partial charge < -0.3 is 35.9 Å². The lowest BCUT2D eigenvalue weighted by Crippen LogP contribution is -2.48. The number of piperazine rings is 1. The Labute approximate surface area is 225 Å². The maximum atomic E-state index is 7.59. The van der Waals surface area contributed by atoms with Gasteiger partial charge in [0.1, 0.15) is 17.9 Å². The Kier molecular flexibility index (Phi) is 8.98. The maximum absolute atomic E-state index is 7.59. The van der Waals surface area contributed by atoms with Crippen molar-refractivity contribution in [1.29, 1.82) is 5.41 Å². The van der Waals surface area contributed by atoms with E-state index >= 15 is 0 Å². The van der Waals surface area contributed by atoms with E-state index in [-0.39, 0.29) is 0 Å². The van der Waals surface area contributed by atoms with Crippen molar-refractivity contribution in [2.75, 3.05) is 95.4 Å². The number of hydrogen-bond donors (Lipinski definition) is 4. The molecule has 2 heterocycles. The van der Waals surface area contributed by atoms with E-state index in [1.807, 2.05) is 38.4 Å². The molecule has 0 amide bonds. The van der Waals surface area contributed by atoms with E-state index < -0.39 is 0 Å². The molecule has 0 saturated carbocycles. The lowest BCUT2D eigenvalue weighted by molar-refractivity contribution is 0.229. The van der Waals surface area contributed by atoms with Gasteiger partial charge in [0.15, 0.2) is 0 Å². The summed E-state index contributed by atoms with van der Waals surface area (Å²) in [7, 11) is 9.73. The van der Waals surface area contributed by atoms with Crippen LogP contribution in [0.15, 0.2) is 42.7 Å². The first-order chi connectivity index (χ1) is 18.4. The Balaban J connectivity index is 1.54. The molecule has 0 aliphatic carbocycles. The molecule has 4 N–H and O–H groups in total. The predicted octanol–water partition coefficient (Wildman–Crippen LogP) is 3.66. The van der Waals surface area contributed by atoms with Gasteiger partial charge >= 0.3 is 0 Å². The van der Waals surface area contributed by atoms with E-state index in [4.69, 9.17) is 10.1 Å². The third-order valence-corrected chi connectivity index (χ3v) is 6.87. The number of nitrogens with zero attached hydrogens (tertiary/aromatic N) is 5. The van der Waals surface area contributed by atoms with Crippen molar-refractivity contribution in [1.82, 2.24) is 19.8 Å². The summed E-state index contributed by atoms with van der Waals surface area (Å²) in [5, 5.41) is 17.5. The average molecular weight is 518 g/mol. The average Bonchev–Trinajstić information content (AvgIpc) is 2.95. The molecule has 3 aromatic rings. The number of likely N-dealkylation sites (N-methyl/N-ethyl adjacent to an activating group) is 1. The van der Waals surface area contributed by atoms with Crippen molar-refractivity contribution < 1.29 is 4.74 Å². The molecule has 4 rings (SSSR count). The van der Waals surface area contributed by atoms with Gasteiger partial charge in [0.25, 0.3) is 0 Å². The number of rotatable bonds is 11. The van der Waals surface area contributed by atoms with Gasteiger partial charge in [0.2, 0.25) is 0 Å². The highest BCUT2D eigenvalue weighted by atomic mass is 16.5. The van der Waals surface area contributed by atoms with E-state index in [2.05, 4.69) is 66.8 Å². The third-order valence-electron chi connectivity index (χ3n) is 6.87. The number of aromatic nitrogens is 2. The van der Waals surface area contributed by atoms with E-state index in [1.165, 1.54) is 6.21 Å². The lowest BCUT2D eigenvalue weighted by atomic mass is 10.1. The van der Waals surface area contributed by atoms with Gasteiger partial charge in [-0.1, -0.05) is 12.1 Å². The molecule has 0 unspecified atom stereocenters. The fraction of sp³-hybridized carbons (Fsp3) is 0.393. The van der Waals surface area contributed by atoms with Crippen LogP contribution < -0.4 is 25.6 Å². The SMILES string of the molecule is CNc1cc(-c2cc(Nc3cc(NC)c(N4CCN(CCN(C)C)CC4)cc3OC)ncn2)ccc1C=N. The van der Waals surface area contributed by atoms with Crippen LogP contribution in [0.5, 0.6) is 5.75 Å². The Morgan fingerprint density at radius 2 is 1.74 bits per heavy atom. The first-order valence-electron chi connectivity index (χ1n) is 12.9. The van der Waals surface area contributed by atoms with Crippen LogP contribution in [0.2, 0.25) is 0 Å². The van der Waals surface area contributed by atoms with E-state index in [0.717, 1.165) is 84.6 Å². The van der Waals surface area contributed by atoms with Crippen LogP contribution in [-0.4, -0.2) is 101 Å². The molecule has 0 bridgehead atoms. The number of anilines is 5. The van der Waals surface area contributed by atoms with Crippen molar-refractivity contribution in [3.8, 4) is 17.0 Å². The first-order valence-corrected chi connectivity index (χ1v) is 12.9. The topological polar surface area (TPSA) is 105 Å². The summed E-state index contributed by atoms with van der Waals surface area (Å²) >= 11 is 0. The number of benzene rings is 2. The maximum Gasteiger partial charge on any atom is 0.144 e. The van der Waals surface area contributed by atoms with Crippen molar-refractivity contribution >= 4 is 34.8 Å². The standard InChI is InChI=1S/C28H39N9O/c1-30-22-14-20(6-7-21(22)18-29)23-16-28(33-19-32-23)34-25-15-24(31-2)26(17-27(25)38-5)37-12-10-36(11-13-37)9-8-35(3)4/h6-7,14-19,29-31H,8-13H2,1-5H3,(H,32,33,34). The third kappa shape index (κ3) is 6.32. The van der Waals surface area contributed by atoms with Crippen LogP contribution >= 0.6 is 0 Å². The highest BCUT2D eigenvalue weighted by Crippen LogP contribution is 2.38. The van der Waals surface area contributed by atoms with Gasteiger partial charge in [-0.2, -0.15) is 0 Å². The van der Waals surface area contributed by atoms with Crippen molar-refractivity contribution in [3.05, 3.63) is 48.3 Å². The summed E-state index contributed by atoms with van der Waals surface area (Å²) in [6, 6.07) is 11.9. The fourth-order valence-electron chi connectivity index (χ4n) is 4.63. The van der Waals surface area contributed by atoms with Crippen LogP contribution in [0.25, 0.3) is 11.3 Å². The monoisotopic (exact) mass is 517 g/mol. The zero-order chi connectivity index (χ0) is 27.1. The van der Waals surface area contributed by atoms with Crippen LogP contribution in [-0.2, 0) is 0 Å². The summed E-state index contributed by atoms with van der Waals surface area (Å²) in [4.78, 5) is 16.1. The Morgan fingerprint density at radius 3 is 2.39 bits per heavy atom. The second-order valence-electron chi connectivity index (χ2n) is 9.56. The smallest absolute Gasteiger partial charge is 0.144 e. The molecule has 1 saturated heterocycles. The Hall–Kier alpha value is -3.89. The second kappa shape index (κ2) is 12.6. The molecule has 10 nitrogen and oxygen atoms in total. The molecule has 0 radical (unpaired) electrons. The molecule has 1 fully saturated rings. The summed E-state index contributed by atoms with van der Waals surface area (Å²) < 4.78 is 5.80. The van der Waals surface area contributed by atoms with Gasteiger partial charge in [0, 0.05) is 88.5 Å². The largest absolute Gasteiger partial charge is 0.494 e. The second-order valence-corrected chi connectivity index (χ2v) is 9.56. The highest BCUT2D eigenvalue weighted by molar-refractivity contribution is 5.88. The lowest BCUT2D eigenvalue weighted by Gasteiger charge is -2.37. The number of methoxy groups -OCH3 is 1. The molecule has 2 aromatic carbocycles. The highest BCUT2D eigenvalue weighted by Gasteiger charge is 2.21. The Morgan fingerprint density at radius 1 is 0.974 bits per heavy atom. The minimum atomic E-state index is 0.666. The van der Waals surface area contributed by atoms with Gasteiger partial charge in [0.05, 0.1) is 29.9 Å². The van der Waals surface area contributed by atoms with Crippen molar-refractivity contribution in [3.63, 3.8) is 0 Å². The van der Waals surface area contributed by atoms with E-state index in [1.54, 1.807) is 13.4 Å². The minimum absolute atomic E-state index is 0.666. The normalized spacial score (nSPS) is 13.9. The van der Waals surface area contributed by atoms with E-state index in [9.17, 15) is 0 Å². The number of ether oxygens (including phenoxy) is 1. The molecule has 202 valence electrons. The van der Waals surface area contributed by atoms with Crippen LogP contribution in [0.4, 0.5) is 28.6 Å². The van der Waals surface area contributed by atoms with Gasteiger partial charge in [-0.25, -0.2) is 9.97 Å². The molecule has 0 atom stereocenters. The van der Waals surface area contributed by atoms with Crippen LogP contribution in [0.3, 0.4) is 0 Å². The molecule has 1 aliphatic heterocycles. The quantitative estimate of drug-likeness (QED) is 0.284. The molecule has 0 spiro atoms. The molecular formula is C28H39N9O. The fourth-order valence-corrected chi connectivity index (χ4v) is 4.63. The van der Waals surface area contributed by atoms with Crippen LogP contribution in [0.1, 0.15) is 5.56 Å². The molecular weight excluding hydrogens is 478 g/mol. The number of nitrogens with one attached hydrogen (secondary N) is 4. The first kappa shape index (κ1) is 27.2. The van der Waals surface area contributed by atoms with Crippen molar-refractivity contribution in [2.45, 2.75) is 0 Å². The molecule has 1 aliphatic rings. The van der Waals surface area contributed by atoms with Crippen molar-refractivity contribution in [2.24, 2.45) is 0 Å². The van der Waals surface area contributed by atoms with E-state index in [0.29, 0.717) is 5.82 Å². The minimum Gasteiger partial charge on any atom is -0.494 e. The zero-order valence-corrected chi connectivity index (χ0v) is 23.0.